The zero-order valence-corrected chi connectivity index (χ0v) is 15.3. The standard InChI is InChI=1S/C20H39B/c1-5-9-13-14-15-17-20(16-10-6-2)21(18-11-7-3)19-12-8-4/h15H,5-14,16,18-19H2,1-4H3. The molecule has 0 unspecified atom stereocenters. The van der Waals surface area contributed by atoms with E-state index in [0.717, 1.165) is 6.71 Å². The molecule has 1 heteroatoms. The SMILES string of the molecule is CCCCCC=C=C(CCCC)B(CCCC)CCCC. The maximum atomic E-state index is 3.72. The van der Waals surface area contributed by atoms with Gasteiger partial charge in [0.05, 0.1) is 0 Å². The molecule has 0 N–H and O–H groups in total. The van der Waals surface area contributed by atoms with E-state index in [-0.39, 0.29) is 0 Å². The lowest BCUT2D eigenvalue weighted by molar-refractivity contribution is 0.729. The normalized spacial score (nSPS) is 10.3. The molecule has 0 amide bonds. The third kappa shape index (κ3) is 11.9. The molecule has 0 heterocycles. The molecule has 0 radical (unpaired) electrons. The maximum Gasteiger partial charge on any atom is 0.180 e. The molecule has 0 aliphatic rings. The minimum absolute atomic E-state index is 0.805. The Bertz CT molecular complexity index is 266. The summed E-state index contributed by atoms with van der Waals surface area (Å²) in [6, 6.07) is 0. The largest absolute Gasteiger partial charge is 0.180 e. The smallest absolute Gasteiger partial charge is 0.136 e. The van der Waals surface area contributed by atoms with E-state index in [4.69, 9.17) is 0 Å². The van der Waals surface area contributed by atoms with Gasteiger partial charge < -0.3 is 0 Å². The first-order chi connectivity index (χ1) is 10.3. The van der Waals surface area contributed by atoms with Crippen molar-refractivity contribution in [2.75, 3.05) is 0 Å². The number of rotatable bonds is 14. The number of hydrogen-bond donors (Lipinski definition) is 0. The highest BCUT2D eigenvalue weighted by atomic mass is 14.0. The highest BCUT2D eigenvalue weighted by molar-refractivity contribution is 6.66. The Hall–Kier alpha value is -0.415. The van der Waals surface area contributed by atoms with Gasteiger partial charge in [-0.05, 0) is 25.3 Å². The molecule has 0 nitrogen and oxygen atoms in total. The lowest BCUT2D eigenvalue weighted by atomic mass is 9.38. The van der Waals surface area contributed by atoms with Crippen LogP contribution in [0, 0.1) is 0 Å². The molecule has 122 valence electrons. The van der Waals surface area contributed by atoms with E-state index < -0.39 is 0 Å². The predicted octanol–water partition coefficient (Wildman–Crippen LogP) is 7.47. The first-order valence-electron chi connectivity index (χ1n) is 9.73. The van der Waals surface area contributed by atoms with Crippen molar-refractivity contribution in [3.8, 4) is 0 Å². The molecule has 0 aliphatic carbocycles. The van der Waals surface area contributed by atoms with Gasteiger partial charge in [-0.25, -0.2) is 0 Å². The van der Waals surface area contributed by atoms with Crippen LogP contribution in [0.15, 0.2) is 17.3 Å². The van der Waals surface area contributed by atoms with E-state index in [9.17, 15) is 0 Å². The van der Waals surface area contributed by atoms with Gasteiger partial charge in [0.25, 0.3) is 0 Å². The van der Waals surface area contributed by atoms with Gasteiger partial charge >= 0.3 is 0 Å². The summed E-state index contributed by atoms with van der Waals surface area (Å²) in [5.74, 6) is 0. The number of allylic oxidation sites excluding steroid dienone is 1. The van der Waals surface area contributed by atoms with Crippen LogP contribution in [-0.2, 0) is 0 Å². The van der Waals surface area contributed by atoms with Gasteiger partial charge in [0, 0.05) is 0 Å². The van der Waals surface area contributed by atoms with Crippen molar-refractivity contribution in [1.29, 1.82) is 0 Å². The molecule has 0 spiro atoms. The van der Waals surface area contributed by atoms with Crippen molar-refractivity contribution in [3.05, 3.63) is 17.3 Å². The van der Waals surface area contributed by atoms with Gasteiger partial charge in [-0.15, -0.1) is 5.73 Å². The second-order valence-corrected chi connectivity index (χ2v) is 6.45. The third-order valence-corrected chi connectivity index (χ3v) is 4.34. The molecule has 0 bridgehead atoms. The molecule has 21 heavy (non-hydrogen) atoms. The summed E-state index contributed by atoms with van der Waals surface area (Å²) in [5, 5.41) is 0. The van der Waals surface area contributed by atoms with Crippen molar-refractivity contribution < 1.29 is 0 Å². The second kappa shape index (κ2) is 16.0. The molecule has 0 aromatic rings. The van der Waals surface area contributed by atoms with Crippen molar-refractivity contribution in [2.45, 2.75) is 111 Å². The summed E-state index contributed by atoms with van der Waals surface area (Å²) in [6.07, 6.45) is 19.6. The van der Waals surface area contributed by atoms with Gasteiger partial charge in [0.1, 0.15) is 0 Å². The predicted molar refractivity (Wildman–Crippen MR) is 100 cm³/mol. The molecule has 0 saturated heterocycles. The molecule has 0 rings (SSSR count). The fourth-order valence-corrected chi connectivity index (χ4v) is 2.85. The van der Waals surface area contributed by atoms with Crippen LogP contribution < -0.4 is 0 Å². The van der Waals surface area contributed by atoms with Gasteiger partial charge in [-0.2, -0.15) is 0 Å². The summed E-state index contributed by atoms with van der Waals surface area (Å²) in [7, 11) is 0. The van der Waals surface area contributed by atoms with Crippen LogP contribution in [-0.4, -0.2) is 6.71 Å². The molecule has 0 aliphatic heterocycles. The minimum atomic E-state index is 0.805. The van der Waals surface area contributed by atoms with Crippen molar-refractivity contribution in [1.82, 2.24) is 0 Å². The molecular formula is C20H39B. The first-order valence-corrected chi connectivity index (χ1v) is 9.73. The van der Waals surface area contributed by atoms with Crippen LogP contribution in [0.5, 0.6) is 0 Å². The maximum absolute atomic E-state index is 3.72. The zero-order chi connectivity index (χ0) is 15.8. The van der Waals surface area contributed by atoms with Crippen LogP contribution in [0.3, 0.4) is 0 Å². The average molecular weight is 290 g/mol. The number of unbranched alkanes of at least 4 members (excludes halogenated alkanes) is 6. The van der Waals surface area contributed by atoms with E-state index in [1.165, 1.54) is 83.3 Å². The molecule has 0 fully saturated rings. The Kier molecular flexibility index (Phi) is 15.6. The molecule has 0 saturated carbocycles. The highest BCUT2D eigenvalue weighted by Gasteiger charge is 2.17. The Labute approximate surface area is 135 Å². The van der Waals surface area contributed by atoms with Crippen LogP contribution in [0.4, 0.5) is 0 Å². The van der Waals surface area contributed by atoms with Crippen LogP contribution in [0.25, 0.3) is 0 Å². The average Bonchev–Trinajstić information content (AvgIpc) is 2.51. The Morgan fingerprint density at radius 3 is 1.86 bits per heavy atom. The Morgan fingerprint density at radius 2 is 1.33 bits per heavy atom. The van der Waals surface area contributed by atoms with Gasteiger partial charge in [-0.1, -0.05) is 97.2 Å². The van der Waals surface area contributed by atoms with Gasteiger partial charge in [0.2, 0.25) is 0 Å². The van der Waals surface area contributed by atoms with Crippen LogP contribution in [0.2, 0.25) is 12.6 Å². The van der Waals surface area contributed by atoms with E-state index in [1.54, 1.807) is 5.47 Å². The molecule has 0 atom stereocenters. The van der Waals surface area contributed by atoms with Crippen molar-refractivity contribution in [3.63, 3.8) is 0 Å². The Morgan fingerprint density at radius 1 is 0.762 bits per heavy atom. The van der Waals surface area contributed by atoms with Crippen molar-refractivity contribution >= 4 is 6.71 Å². The lowest BCUT2D eigenvalue weighted by Gasteiger charge is -2.15. The summed E-state index contributed by atoms with van der Waals surface area (Å²) in [5.41, 5.74) is 5.36. The van der Waals surface area contributed by atoms with Crippen LogP contribution >= 0.6 is 0 Å². The first kappa shape index (κ1) is 20.6. The van der Waals surface area contributed by atoms with Crippen molar-refractivity contribution in [2.24, 2.45) is 0 Å². The molecular weight excluding hydrogens is 251 g/mol. The van der Waals surface area contributed by atoms with E-state index >= 15 is 0 Å². The Balaban J connectivity index is 4.70. The second-order valence-electron chi connectivity index (χ2n) is 6.45. The summed E-state index contributed by atoms with van der Waals surface area (Å²) < 4.78 is 0. The quantitative estimate of drug-likeness (QED) is 0.177. The summed E-state index contributed by atoms with van der Waals surface area (Å²) in [4.78, 5) is 0. The van der Waals surface area contributed by atoms with E-state index in [0.29, 0.717) is 0 Å². The lowest BCUT2D eigenvalue weighted by Crippen LogP contribution is -2.16. The highest BCUT2D eigenvalue weighted by Crippen LogP contribution is 2.21. The van der Waals surface area contributed by atoms with E-state index in [2.05, 4.69) is 39.5 Å². The molecule has 0 aromatic heterocycles. The summed E-state index contributed by atoms with van der Waals surface area (Å²) >= 11 is 0. The molecule has 0 aromatic carbocycles. The van der Waals surface area contributed by atoms with Gasteiger partial charge in [0.15, 0.2) is 6.71 Å². The van der Waals surface area contributed by atoms with E-state index in [1.807, 2.05) is 0 Å². The third-order valence-electron chi connectivity index (χ3n) is 4.34. The fourth-order valence-electron chi connectivity index (χ4n) is 2.85. The van der Waals surface area contributed by atoms with Gasteiger partial charge in [-0.3, -0.25) is 0 Å². The number of hydrogen-bond acceptors (Lipinski definition) is 0. The minimum Gasteiger partial charge on any atom is -0.136 e. The fraction of sp³-hybridized carbons (Fsp3) is 0.850. The topological polar surface area (TPSA) is 0 Å². The van der Waals surface area contributed by atoms with Crippen LogP contribution in [0.1, 0.15) is 98.3 Å². The zero-order valence-electron chi connectivity index (χ0n) is 15.3. The monoisotopic (exact) mass is 290 g/mol. The summed E-state index contributed by atoms with van der Waals surface area (Å²) in [6.45, 7) is 10.0.